The van der Waals surface area contributed by atoms with E-state index in [1.165, 1.54) is 32.0 Å². The molecule has 0 radical (unpaired) electrons. The van der Waals surface area contributed by atoms with Crippen molar-refractivity contribution in [2.75, 3.05) is 24.6 Å². The molecule has 25 heavy (non-hydrogen) atoms. The highest BCUT2D eigenvalue weighted by Crippen LogP contribution is 2.26. The lowest BCUT2D eigenvalue weighted by Gasteiger charge is -2.27. The summed E-state index contributed by atoms with van der Waals surface area (Å²) in [7, 11) is 0. The number of carbonyl (C=O) groups is 1. The fraction of sp³-hybridized carbons (Fsp3) is 0.667. The van der Waals surface area contributed by atoms with E-state index in [4.69, 9.17) is 4.74 Å². The van der Waals surface area contributed by atoms with Gasteiger partial charge in [0.15, 0.2) is 0 Å². The molecule has 0 saturated carbocycles. The van der Waals surface area contributed by atoms with Crippen molar-refractivity contribution in [2.24, 2.45) is 0 Å². The van der Waals surface area contributed by atoms with Gasteiger partial charge in [0, 0.05) is 24.3 Å². The zero-order chi connectivity index (χ0) is 17.6. The summed E-state index contributed by atoms with van der Waals surface area (Å²) in [6, 6.07) is 0. The van der Waals surface area contributed by atoms with Crippen molar-refractivity contribution < 1.29 is 9.53 Å². The van der Waals surface area contributed by atoms with Crippen molar-refractivity contribution in [1.29, 1.82) is 0 Å². The van der Waals surface area contributed by atoms with Gasteiger partial charge < -0.3 is 9.64 Å². The van der Waals surface area contributed by atoms with E-state index in [0.29, 0.717) is 12.4 Å². The summed E-state index contributed by atoms with van der Waals surface area (Å²) in [5.74, 6) is 1.31. The second-order valence-electron chi connectivity index (χ2n) is 6.56. The first-order chi connectivity index (χ1) is 12.2. The molecule has 1 saturated heterocycles. The summed E-state index contributed by atoms with van der Waals surface area (Å²) < 4.78 is 6.95. The lowest BCUT2D eigenvalue weighted by atomic mass is 10.1. The smallest absolute Gasteiger partial charge is 0.310 e. The van der Waals surface area contributed by atoms with Crippen LogP contribution in [0.4, 0.5) is 5.82 Å². The van der Waals surface area contributed by atoms with Gasteiger partial charge in [-0.25, -0.2) is 4.98 Å². The number of aryl methyl sites for hydroxylation is 1. The minimum atomic E-state index is -0.225. The summed E-state index contributed by atoms with van der Waals surface area (Å²) in [5.41, 5.74) is 1.72. The molecular weight excluding hydrogens is 318 g/mol. The highest BCUT2D eigenvalue weighted by atomic mass is 16.5. The van der Waals surface area contributed by atoms with E-state index in [2.05, 4.69) is 20.0 Å². The van der Waals surface area contributed by atoms with E-state index >= 15 is 0 Å². The van der Waals surface area contributed by atoms with Gasteiger partial charge in [-0.15, -0.1) is 0 Å². The van der Waals surface area contributed by atoms with E-state index in [1.807, 2.05) is 13.8 Å². The fourth-order valence-corrected chi connectivity index (χ4v) is 3.49. The van der Waals surface area contributed by atoms with Gasteiger partial charge in [0.25, 0.3) is 5.78 Å². The minimum absolute atomic E-state index is 0.217. The first kappa shape index (κ1) is 17.6. The predicted octanol–water partition coefficient (Wildman–Crippen LogP) is 2.70. The van der Waals surface area contributed by atoms with Crippen LogP contribution in [0, 0.1) is 6.92 Å². The molecule has 3 rings (SSSR count). The first-order valence-electron chi connectivity index (χ1n) is 9.30. The first-order valence-corrected chi connectivity index (χ1v) is 9.30. The van der Waals surface area contributed by atoms with E-state index in [-0.39, 0.29) is 12.4 Å². The van der Waals surface area contributed by atoms with Crippen LogP contribution in [0.15, 0.2) is 6.33 Å². The number of nitrogens with zero attached hydrogens (tertiary/aromatic N) is 5. The zero-order valence-corrected chi connectivity index (χ0v) is 15.2. The summed E-state index contributed by atoms with van der Waals surface area (Å²) in [6.45, 7) is 6.08. The molecule has 7 nitrogen and oxygen atoms in total. The number of anilines is 1. The highest BCUT2D eigenvalue weighted by molar-refractivity contribution is 5.75. The summed E-state index contributed by atoms with van der Waals surface area (Å²) in [6.07, 6.45) is 9.13. The van der Waals surface area contributed by atoms with Crippen LogP contribution in [-0.4, -0.2) is 45.2 Å². The van der Waals surface area contributed by atoms with E-state index in [1.54, 1.807) is 4.52 Å². The summed E-state index contributed by atoms with van der Waals surface area (Å²) in [4.78, 5) is 23.3. The van der Waals surface area contributed by atoms with Crippen LogP contribution in [0.5, 0.6) is 0 Å². The minimum Gasteiger partial charge on any atom is -0.466 e. The maximum atomic E-state index is 12.1. The fourth-order valence-electron chi connectivity index (χ4n) is 3.49. The molecule has 0 unspecified atom stereocenters. The molecule has 2 aromatic rings. The highest BCUT2D eigenvalue weighted by Gasteiger charge is 2.22. The summed E-state index contributed by atoms with van der Waals surface area (Å²) in [5, 5.41) is 4.38. The van der Waals surface area contributed by atoms with Gasteiger partial charge in [0.05, 0.1) is 13.0 Å². The van der Waals surface area contributed by atoms with Crippen molar-refractivity contribution in [1.82, 2.24) is 19.6 Å². The van der Waals surface area contributed by atoms with Gasteiger partial charge in [-0.1, -0.05) is 25.7 Å². The Labute approximate surface area is 148 Å². The van der Waals surface area contributed by atoms with E-state index in [9.17, 15) is 4.79 Å². The molecule has 0 spiro atoms. The van der Waals surface area contributed by atoms with Crippen molar-refractivity contribution in [3.05, 3.63) is 17.6 Å². The molecule has 2 aromatic heterocycles. The van der Waals surface area contributed by atoms with Crippen LogP contribution >= 0.6 is 0 Å². The number of fused-ring (bicyclic) bond motifs is 1. The summed E-state index contributed by atoms with van der Waals surface area (Å²) >= 11 is 0. The molecule has 0 bridgehead atoms. The van der Waals surface area contributed by atoms with Crippen molar-refractivity contribution in [2.45, 2.75) is 58.8 Å². The number of hydrogen-bond donors (Lipinski definition) is 0. The van der Waals surface area contributed by atoms with E-state index in [0.717, 1.165) is 43.0 Å². The maximum absolute atomic E-state index is 12.1. The number of aromatic nitrogens is 4. The van der Waals surface area contributed by atoms with Gasteiger partial charge in [-0.2, -0.15) is 14.6 Å². The van der Waals surface area contributed by atoms with Crippen LogP contribution in [0.25, 0.3) is 5.78 Å². The monoisotopic (exact) mass is 345 g/mol. The molecule has 1 fully saturated rings. The standard InChI is InChI=1S/C18H27N5O2/c1-3-25-16(24)12-15-14(2)21-18-19-13-20-23(18)17(15)22-10-8-6-4-5-7-9-11-22/h13H,3-12H2,1-2H3. The topological polar surface area (TPSA) is 72.6 Å². The molecule has 0 N–H and O–H groups in total. The Morgan fingerprint density at radius 3 is 2.52 bits per heavy atom. The Kier molecular flexibility index (Phi) is 5.83. The van der Waals surface area contributed by atoms with Gasteiger partial charge in [0.1, 0.15) is 12.1 Å². The van der Waals surface area contributed by atoms with Gasteiger partial charge in [-0.05, 0) is 26.7 Å². The third-order valence-electron chi connectivity index (χ3n) is 4.74. The molecule has 7 heteroatoms. The average molecular weight is 345 g/mol. The third kappa shape index (κ3) is 4.08. The molecular formula is C18H27N5O2. The third-order valence-corrected chi connectivity index (χ3v) is 4.74. The number of esters is 1. The Balaban J connectivity index is 2.02. The van der Waals surface area contributed by atoms with Crippen LogP contribution < -0.4 is 4.90 Å². The molecule has 3 heterocycles. The maximum Gasteiger partial charge on any atom is 0.310 e. The SMILES string of the molecule is CCOC(=O)Cc1c(C)nc2ncnn2c1N1CCCCCCCC1. The number of hydrogen-bond acceptors (Lipinski definition) is 6. The van der Waals surface area contributed by atoms with E-state index < -0.39 is 0 Å². The van der Waals surface area contributed by atoms with Crippen molar-refractivity contribution >= 4 is 17.6 Å². The van der Waals surface area contributed by atoms with Crippen molar-refractivity contribution in [3.63, 3.8) is 0 Å². The van der Waals surface area contributed by atoms with Crippen LogP contribution in [0.2, 0.25) is 0 Å². The second kappa shape index (κ2) is 8.27. The van der Waals surface area contributed by atoms with Gasteiger partial charge in [0.2, 0.25) is 0 Å². The quantitative estimate of drug-likeness (QED) is 0.793. The van der Waals surface area contributed by atoms with Crippen LogP contribution in [0.3, 0.4) is 0 Å². The number of rotatable bonds is 4. The normalized spacial score (nSPS) is 16.3. The Bertz CT molecular complexity index is 718. The Morgan fingerprint density at radius 1 is 1.16 bits per heavy atom. The lowest BCUT2D eigenvalue weighted by molar-refractivity contribution is -0.142. The predicted molar refractivity (Wildman–Crippen MR) is 95.8 cm³/mol. The molecule has 0 aliphatic carbocycles. The Hall–Kier alpha value is -2.18. The van der Waals surface area contributed by atoms with Crippen molar-refractivity contribution in [3.8, 4) is 0 Å². The largest absolute Gasteiger partial charge is 0.466 e. The average Bonchev–Trinajstić information content (AvgIpc) is 3.08. The Morgan fingerprint density at radius 2 is 1.84 bits per heavy atom. The molecule has 1 aliphatic rings. The zero-order valence-electron chi connectivity index (χ0n) is 15.2. The van der Waals surface area contributed by atoms with Gasteiger partial charge in [-0.3, -0.25) is 4.79 Å². The second-order valence-corrected chi connectivity index (χ2v) is 6.56. The van der Waals surface area contributed by atoms with Crippen LogP contribution in [-0.2, 0) is 16.0 Å². The molecule has 0 amide bonds. The number of carbonyl (C=O) groups excluding carboxylic acids is 1. The molecule has 0 atom stereocenters. The number of ether oxygens (including phenoxy) is 1. The van der Waals surface area contributed by atoms with Gasteiger partial charge >= 0.3 is 5.97 Å². The molecule has 136 valence electrons. The van der Waals surface area contributed by atoms with Crippen LogP contribution in [0.1, 0.15) is 56.7 Å². The molecule has 0 aromatic carbocycles. The molecule has 1 aliphatic heterocycles. The lowest BCUT2D eigenvalue weighted by Crippen LogP contribution is -2.30.